The largest absolute Gasteiger partial charge is 0.355 e. The highest BCUT2D eigenvalue weighted by Crippen LogP contribution is 2.30. The predicted octanol–water partition coefficient (Wildman–Crippen LogP) is 5.65. The number of nitrogens with zero attached hydrogens (tertiary/aromatic N) is 1. The average molecular weight is 411 g/mol. The summed E-state index contributed by atoms with van der Waals surface area (Å²) in [6.45, 7) is 0. The fourth-order valence-corrected chi connectivity index (χ4v) is 2.89. The quantitative estimate of drug-likeness (QED) is 0.474. The van der Waals surface area contributed by atoms with E-state index in [1.807, 2.05) is 24.3 Å². The van der Waals surface area contributed by atoms with E-state index >= 15 is 0 Å². The van der Waals surface area contributed by atoms with E-state index in [2.05, 4.69) is 26.4 Å². The number of hydrogen-bond donors (Lipinski definition) is 1. The Kier molecular flexibility index (Phi) is 4.26. The second-order valence-corrected chi connectivity index (χ2v) is 6.63. The maximum Gasteiger partial charge on any atom is 0.255 e. The predicted molar refractivity (Wildman–Crippen MR) is 101 cm³/mol. The van der Waals surface area contributed by atoms with E-state index in [4.69, 9.17) is 4.52 Å². The monoisotopic (exact) mass is 410 g/mol. The van der Waals surface area contributed by atoms with Crippen molar-refractivity contribution in [1.82, 2.24) is 5.16 Å². The second kappa shape index (κ2) is 6.72. The molecule has 1 N–H and O–H groups in total. The van der Waals surface area contributed by atoms with E-state index in [9.17, 15) is 9.18 Å². The first-order chi connectivity index (χ1) is 12.6. The summed E-state index contributed by atoms with van der Waals surface area (Å²) in [5, 5.41) is 7.55. The third-order valence-corrected chi connectivity index (χ3v) is 4.48. The summed E-state index contributed by atoms with van der Waals surface area (Å²) in [7, 11) is 0. The third-order valence-electron chi connectivity index (χ3n) is 3.95. The van der Waals surface area contributed by atoms with Crippen LogP contribution in [0.4, 0.5) is 10.1 Å². The molecule has 0 saturated carbocycles. The lowest BCUT2D eigenvalue weighted by Gasteiger charge is -2.05. The van der Waals surface area contributed by atoms with Gasteiger partial charge in [0.05, 0.1) is 5.39 Å². The van der Waals surface area contributed by atoms with E-state index in [1.165, 1.54) is 24.3 Å². The fraction of sp³-hybridized carbons (Fsp3) is 0. The summed E-state index contributed by atoms with van der Waals surface area (Å²) in [4.78, 5) is 12.5. The molecule has 0 aliphatic carbocycles. The van der Waals surface area contributed by atoms with Crippen LogP contribution in [0, 0.1) is 5.82 Å². The fourth-order valence-electron chi connectivity index (χ4n) is 2.63. The lowest BCUT2D eigenvalue weighted by Crippen LogP contribution is -2.11. The van der Waals surface area contributed by atoms with E-state index in [1.54, 1.807) is 18.2 Å². The number of carbonyl (C=O) groups excluding carboxylic acids is 1. The van der Waals surface area contributed by atoms with Gasteiger partial charge >= 0.3 is 0 Å². The molecular formula is C20H12BrFN2O2. The summed E-state index contributed by atoms with van der Waals surface area (Å²) in [6, 6.07) is 18.4. The van der Waals surface area contributed by atoms with Gasteiger partial charge in [0.15, 0.2) is 5.76 Å². The first-order valence-electron chi connectivity index (χ1n) is 7.82. The molecular weight excluding hydrogens is 399 g/mol. The number of halogens is 2. The van der Waals surface area contributed by atoms with Crippen molar-refractivity contribution in [2.75, 3.05) is 5.32 Å². The molecule has 0 unspecified atom stereocenters. The van der Waals surface area contributed by atoms with Gasteiger partial charge in [0, 0.05) is 21.3 Å². The number of amides is 1. The van der Waals surface area contributed by atoms with Crippen molar-refractivity contribution in [3.05, 3.63) is 82.6 Å². The molecule has 0 saturated heterocycles. The van der Waals surface area contributed by atoms with E-state index in [0.717, 1.165) is 15.4 Å². The summed E-state index contributed by atoms with van der Waals surface area (Å²) in [5.74, 6) is -0.0431. The Labute approximate surface area is 156 Å². The highest BCUT2D eigenvalue weighted by molar-refractivity contribution is 9.10. The number of fused-ring (bicyclic) bond motifs is 1. The molecule has 0 fully saturated rings. The van der Waals surface area contributed by atoms with Crippen LogP contribution in [0.5, 0.6) is 0 Å². The van der Waals surface area contributed by atoms with Crippen LogP contribution in [0.15, 0.2) is 75.7 Å². The van der Waals surface area contributed by atoms with Crippen molar-refractivity contribution in [2.24, 2.45) is 0 Å². The van der Waals surface area contributed by atoms with Crippen LogP contribution in [0.2, 0.25) is 0 Å². The minimum Gasteiger partial charge on any atom is -0.355 e. The maximum absolute atomic E-state index is 13.0. The van der Waals surface area contributed by atoms with Crippen molar-refractivity contribution in [2.45, 2.75) is 0 Å². The Morgan fingerprint density at radius 3 is 2.46 bits per heavy atom. The number of nitrogens with one attached hydrogen (secondary N) is 1. The minimum atomic E-state index is -0.354. The number of aromatic nitrogens is 1. The van der Waals surface area contributed by atoms with Crippen LogP contribution >= 0.6 is 15.9 Å². The summed E-state index contributed by atoms with van der Waals surface area (Å²) >= 11 is 3.40. The van der Waals surface area contributed by atoms with Gasteiger partial charge in [0.25, 0.3) is 5.91 Å². The number of anilines is 1. The number of benzene rings is 3. The molecule has 128 valence electrons. The summed E-state index contributed by atoms with van der Waals surface area (Å²) in [5.41, 5.74) is 2.52. The zero-order valence-electron chi connectivity index (χ0n) is 13.4. The molecule has 26 heavy (non-hydrogen) atoms. The molecule has 6 heteroatoms. The molecule has 0 aliphatic heterocycles. The molecule has 1 heterocycles. The van der Waals surface area contributed by atoms with Crippen molar-refractivity contribution in [1.29, 1.82) is 0 Å². The molecule has 0 aliphatic rings. The summed E-state index contributed by atoms with van der Waals surface area (Å²) in [6.07, 6.45) is 0. The van der Waals surface area contributed by atoms with Crippen LogP contribution in [0.1, 0.15) is 10.4 Å². The van der Waals surface area contributed by atoms with Gasteiger partial charge in [-0.05, 0) is 66.7 Å². The van der Waals surface area contributed by atoms with Crippen LogP contribution in [-0.2, 0) is 0 Å². The van der Waals surface area contributed by atoms with E-state index in [0.29, 0.717) is 22.5 Å². The van der Waals surface area contributed by atoms with Crippen LogP contribution in [0.25, 0.3) is 22.2 Å². The topological polar surface area (TPSA) is 55.1 Å². The highest BCUT2D eigenvalue weighted by atomic mass is 79.9. The smallest absolute Gasteiger partial charge is 0.255 e. The molecule has 1 amide bonds. The van der Waals surface area contributed by atoms with Crippen LogP contribution < -0.4 is 5.32 Å². The minimum absolute atomic E-state index is 0.290. The molecule has 0 atom stereocenters. The van der Waals surface area contributed by atoms with Crippen molar-refractivity contribution in [3.63, 3.8) is 0 Å². The third kappa shape index (κ3) is 3.23. The standard InChI is InChI=1S/C20H12BrFN2O2/c21-14-4-1-12(2-5-14)19-17-11-13(3-10-18(17)24-26-19)20(25)23-16-8-6-15(22)7-9-16/h1-11H,(H,23,25). The summed E-state index contributed by atoms with van der Waals surface area (Å²) < 4.78 is 19.4. The van der Waals surface area contributed by atoms with Crippen molar-refractivity contribution >= 4 is 38.4 Å². The molecule has 3 aromatic carbocycles. The Bertz CT molecular complexity index is 1090. The number of hydrogen-bond acceptors (Lipinski definition) is 3. The van der Waals surface area contributed by atoms with E-state index < -0.39 is 0 Å². The van der Waals surface area contributed by atoms with Gasteiger partial charge in [0.2, 0.25) is 0 Å². The Morgan fingerprint density at radius 1 is 1.00 bits per heavy atom. The van der Waals surface area contributed by atoms with Gasteiger partial charge in [-0.2, -0.15) is 0 Å². The van der Waals surface area contributed by atoms with Crippen LogP contribution in [0.3, 0.4) is 0 Å². The normalized spacial score (nSPS) is 10.8. The molecule has 1 aromatic heterocycles. The molecule has 4 aromatic rings. The lowest BCUT2D eigenvalue weighted by atomic mass is 10.1. The number of carbonyl (C=O) groups is 1. The van der Waals surface area contributed by atoms with Crippen molar-refractivity contribution < 1.29 is 13.7 Å². The molecule has 0 radical (unpaired) electrons. The van der Waals surface area contributed by atoms with Crippen molar-refractivity contribution in [3.8, 4) is 11.3 Å². The Morgan fingerprint density at radius 2 is 1.73 bits per heavy atom. The Balaban J connectivity index is 1.68. The second-order valence-electron chi connectivity index (χ2n) is 5.71. The highest BCUT2D eigenvalue weighted by Gasteiger charge is 2.14. The van der Waals surface area contributed by atoms with E-state index in [-0.39, 0.29) is 11.7 Å². The first kappa shape index (κ1) is 16.5. The molecule has 4 rings (SSSR count). The maximum atomic E-state index is 13.0. The Hall–Kier alpha value is -2.99. The molecule has 4 nitrogen and oxygen atoms in total. The zero-order chi connectivity index (χ0) is 18.1. The average Bonchev–Trinajstić information content (AvgIpc) is 3.07. The number of rotatable bonds is 3. The van der Waals surface area contributed by atoms with Gasteiger partial charge in [-0.25, -0.2) is 4.39 Å². The molecule has 0 spiro atoms. The first-order valence-corrected chi connectivity index (χ1v) is 8.62. The van der Waals surface area contributed by atoms with Gasteiger partial charge in [-0.1, -0.05) is 21.1 Å². The van der Waals surface area contributed by atoms with Gasteiger partial charge in [-0.3, -0.25) is 4.79 Å². The SMILES string of the molecule is O=C(Nc1ccc(F)cc1)c1ccc2noc(-c3ccc(Br)cc3)c2c1. The van der Waals surface area contributed by atoms with Gasteiger partial charge in [0.1, 0.15) is 11.3 Å². The lowest BCUT2D eigenvalue weighted by molar-refractivity contribution is 0.102. The van der Waals surface area contributed by atoms with Gasteiger partial charge in [-0.15, -0.1) is 0 Å². The molecule has 0 bridgehead atoms. The van der Waals surface area contributed by atoms with Gasteiger partial charge < -0.3 is 9.84 Å². The van der Waals surface area contributed by atoms with Crippen LogP contribution in [-0.4, -0.2) is 11.1 Å². The zero-order valence-corrected chi connectivity index (χ0v) is 15.0.